The standard InChI is InChI=1S/C21H19Cl2NO3/c1-11(2)24-9-14-6-16-19(25)18(7-13-4-5-15(22)8-17(13)23)27-21(16)12(3)20(14)26-10-24/h4-8,11H,9-10H2,1-3H3/b18-7-. The number of hydrogen-bond acceptors (Lipinski definition) is 4. The summed E-state index contributed by atoms with van der Waals surface area (Å²) in [4.78, 5) is 15.1. The van der Waals surface area contributed by atoms with E-state index in [4.69, 9.17) is 32.7 Å². The van der Waals surface area contributed by atoms with Gasteiger partial charge in [0.2, 0.25) is 5.78 Å². The number of hydrogen-bond donors (Lipinski definition) is 0. The second kappa shape index (κ2) is 6.86. The zero-order valence-corrected chi connectivity index (χ0v) is 16.8. The maximum atomic E-state index is 12.9. The fourth-order valence-corrected chi connectivity index (χ4v) is 3.82. The van der Waals surface area contributed by atoms with Crippen LogP contribution in [0.25, 0.3) is 6.08 Å². The van der Waals surface area contributed by atoms with E-state index in [0.29, 0.717) is 39.7 Å². The van der Waals surface area contributed by atoms with Crippen LogP contribution in [0.15, 0.2) is 30.0 Å². The molecule has 4 nitrogen and oxygen atoms in total. The van der Waals surface area contributed by atoms with Gasteiger partial charge in [-0.3, -0.25) is 9.69 Å². The molecule has 0 saturated heterocycles. The first kappa shape index (κ1) is 18.4. The number of nitrogens with zero attached hydrogens (tertiary/aromatic N) is 1. The molecule has 0 saturated carbocycles. The van der Waals surface area contributed by atoms with Crippen molar-refractivity contribution in [2.75, 3.05) is 6.73 Å². The highest BCUT2D eigenvalue weighted by molar-refractivity contribution is 6.35. The molecule has 0 aromatic heterocycles. The highest BCUT2D eigenvalue weighted by atomic mass is 35.5. The molecule has 2 aromatic rings. The van der Waals surface area contributed by atoms with Gasteiger partial charge in [-0.05, 0) is 50.6 Å². The molecule has 2 aromatic carbocycles. The number of rotatable bonds is 2. The van der Waals surface area contributed by atoms with Crippen LogP contribution in [0.4, 0.5) is 0 Å². The Balaban J connectivity index is 1.73. The molecule has 0 spiro atoms. The summed E-state index contributed by atoms with van der Waals surface area (Å²) in [6.07, 6.45) is 1.65. The zero-order valence-electron chi connectivity index (χ0n) is 15.3. The third-order valence-corrected chi connectivity index (χ3v) is 5.51. The fraction of sp³-hybridized carbons (Fsp3) is 0.286. The third-order valence-electron chi connectivity index (χ3n) is 4.94. The molecule has 6 heteroatoms. The molecule has 2 aliphatic rings. The Labute approximate surface area is 168 Å². The van der Waals surface area contributed by atoms with Crippen LogP contribution in [0.5, 0.6) is 11.5 Å². The maximum Gasteiger partial charge on any atom is 0.231 e. The lowest BCUT2D eigenvalue weighted by atomic mass is 9.99. The van der Waals surface area contributed by atoms with Gasteiger partial charge in [0.05, 0.1) is 5.56 Å². The maximum absolute atomic E-state index is 12.9. The molecule has 2 aliphatic heterocycles. The second-order valence-corrected chi connectivity index (χ2v) is 7.93. The Morgan fingerprint density at radius 1 is 1.19 bits per heavy atom. The minimum Gasteiger partial charge on any atom is -0.477 e. The topological polar surface area (TPSA) is 38.8 Å². The Hall–Kier alpha value is -2.01. The van der Waals surface area contributed by atoms with Crippen molar-refractivity contribution < 1.29 is 14.3 Å². The summed E-state index contributed by atoms with van der Waals surface area (Å²) in [5.74, 6) is 1.47. The van der Waals surface area contributed by atoms with Gasteiger partial charge in [-0.15, -0.1) is 0 Å². The van der Waals surface area contributed by atoms with Gasteiger partial charge in [-0.2, -0.15) is 0 Å². The number of benzene rings is 2. The lowest BCUT2D eigenvalue weighted by molar-refractivity contribution is 0.0678. The van der Waals surface area contributed by atoms with Crippen LogP contribution in [0.2, 0.25) is 10.0 Å². The number of ketones is 1. The molecule has 0 bridgehead atoms. The van der Waals surface area contributed by atoms with Gasteiger partial charge in [-0.1, -0.05) is 29.3 Å². The molecule has 0 amide bonds. The van der Waals surface area contributed by atoms with Gasteiger partial charge in [0.25, 0.3) is 0 Å². The van der Waals surface area contributed by atoms with Crippen molar-refractivity contribution >= 4 is 35.1 Å². The van der Waals surface area contributed by atoms with Crippen LogP contribution in [-0.4, -0.2) is 23.5 Å². The Morgan fingerprint density at radius 3 is 2.67 bits per heavy atom. The summed E-state index contributed by atoms with van der Waals surface area (Å²) in [5, 5.41) is 1.01. The fourth-order valence-electron chi connectivity index (χ4n) is 3.36. The Bertz CT molecular complexity index is 982. The van der Waals surface area contributed by atoms with Crippen molar-refractivity contribution in [1.82, 2.24) is 4.90 Å². The van der Waals surface area contributed by atoms with Gasteiger partial charge < -0.3 is 9.47 Å². The van der Waals surface area contributed by atoms with E-state index >= 15 is 0 Å². The third kappa shape index (κ3) is 3.22. The van der Waals surface area contributed by atoms with E-state index in [1.807, 2.05) is 13.0 Å². The van der Waals surface area contributed by atoms with E-state index in [1.165, 1.54) is 0 Å². The lowest BCUT2D eigenvalue weighted by Crippen LogP contribution is -2.37. The molecular weight excluding hydrogens is 385 g/mol. The molecular formula is C21H19Cl2NO3. The van der Waals surface area contributed by atoms with E-state index in [2.05, 4.69) is 18.7 Å². The van der Waals surface area contributed by atoms with Gasteiger partial charge >= 0.3 is 0 Å². The van der Waals surface area contributed by atoms with E-state index in [1.54, 1.807) is 24.3 Å². The quantitative estimate of drug-likeness (QED) is 0.622. The minimum absolute atomic E-state index is 0.149. The molecule has 0 atom stereocenters. The summed E-state index contributed by atoms with van der Waals surface area (Å²) in [7, 11) is 0. The van der Waals surface area contributed by atoms with Crippen LogP contribution in [0, 0.1) is 6.92 Å². The number of Topliss-reactive ketones (excluding diaryl/α,β-unsaturated/α-hetero) is 1. The Morgan fingerprint density at radius 2 is 1.96 bits per heavy atom. The van der Waals surface area contributed by atoms with Crippen molar-refractivity contribution in [3.05, 3.63) is 62.3 Å². The highest BCUT2D eigenvalue weighted by Gasteiger charge is 2.34. The van der Waals surface area contributed by atoms with E-state index in [9.17, 15) is 4.79 Å². The summed E-state index contributed by atoms with van der Waals surface area (Å²) < 4.78 is 11.9. The number of allylic oxidation sites excluding steroid dienone is 1. The average Bonchev–Trinajstić information content (AvgIpc) is 2.93. The van der Waals surface area contributed by atoms with E-state index in [0.717, 1.165) is 23.4 Å². The first-order valence-electron chi connectivity index (χ1n) is 8.77. The summed E-state index contributed by atoms with van der Waals surface area (Å²) in [6.45, 7) is 7.45. The van der Waals surface area contributed by atoms with Crippen LogP contribution in [0.1, 0.15) is 40.9 Å². The smallest absolute Gasteiger partial charge is 0.231 e. The van der Waals surface area contributed by atoms with Crippen LogP contribution in [-0.2, 0) is 6.54 Å². The minimum atomic E-state index is -0.149. The predicted octanol–water partition coefficient (Wildman–Crippen LogP) is 5.48. The molecule has 0 radical (unpaired) electrons. The van der Waals surface area contributed by atoms with Crippen molar-refractivity contribution in [3.63, 3.8) is 0 Å². The van der Waals surface area contributed by atoms with Crippen LogP contribution in [0.3, 0.4) is 0 Å². The first-order valence-corrected chi connectivity index (χ1v) is 9.53. The summed E-state index contributed by atoms with van der Waals surface area (Å²) in [5.41, 5.74) is 3.11. The number of ether oxygens (including phenoxy) is 2. The predicted molar refractivity (Wildman–Crippen MR) is 107 cm³/mol. The van der Waals surface area contributed by atoms with E-state index < -0.39 is 0 Å². The normalized spacial score (nSPS) is 17.7. The molecule has 4 rings (SSSR count). The van der Waals surface area contributed by atoms with Crippen LogP contribution >= 0.6 is 23.2 Å². The Kier molecular flexibility index (Phi) is 4.66. The number of carbonyl (C=O) groups is 1. The van der Waals surface area contributed by atoms with Gasteiger partial charge in [-0.25, -0.2) is 0 Å². The SMILES string of the molecule is Cc1c2c(cc3c1O/C(=C\c1ccc(Cl)cc1Cl)C3=O)CN(C(C)C)CO2. The molecule has 0 aliphatic carbocycles. The summed E-state index contributed by atoms with van der Waals surface area (Å²) >= 11 is 12.2. The van der Waals surface area contributed by atoms with Crippen molar-refractivity contribution in [3.8, 4) is 11.5 Å². The van der Waals surface area contributed by atoms with Gasteiger partial charge in [0, 0.05) is 33.8 Å². The summed E-state index contributed by atoms with van der Waals surface area (Å²) in [6, 6.07) is 7.38. The van der Waals surface area contributed by atoms with E-state index in [-0.39, 0.29) is 11.5 Å². The zero-order chi connectivity index (χ0) is 19.3. The second-order valence-electron chi connectivity index (χ2n) is 7.09. The monoisotopic (exact) mass is 403 g/mol. The molecule has 0 unspecified atom stereocenters. The van der Waals surface area contributed by atoms with Crippen molar-refractivity contribution in [2.45, 2.75) is 33.4 Å². The van der Waals surface area contributed by atoms with Crippen LogP contribution < -0.4 is 9.47 Å². The molecule has 0 fully saturated rings. The lowest BCUT2D eigenvalue weighted by Gasteiger charge is -2.32. The van der Waals surface area contributed by atoms with Gasteiger partial charge in [0.1, 0.15) is 18.2 Å². The number of fused-ring (bicyclic) bond motifs is 2. The van der Waals surface area contributed by atoms with Gasteiger partial charge in [0.15, 0.2) is 5.76 Å². The number of halogens is 2. The molecule has 0 N–H and O–H groups in total. The van der Waals surface area contributed by atoms with Crippen molar-refractivity contribution in [1.29, 1.82) is 0 Å². The molecule has 2 heterocycles. The molecule has 27 heavy (non-hydrogen) atoms. The largest absolute Gasteiger partial charge is 0.477 e. The average molecular weight is 404 g/mol. The molecule has 140 valence electrons. The number of carbonyl (C=O) groups excluding carboxylic acids is 1. The highest BCUT2D eigenvalue weighted by Crippen LogP contribution is 2.43. The first-order chi connectivity index (χ1) is 12.8. The van der Waals surface area contributed by atoms with Crippen molar-refractivity contribution in [2.24, 2.45) is 0 Å².